The van der Waals surface area contributed by atoms with Gasteiger partial charge in [-0.15, -0.1) is 0 Å². The van der Waals surface area contributed by atoms with Crippen LogP contribution in [0, 0.1) is 6.92 Å². The number of aliphatic hydroxyl groups excluding tert-OH is 1. The molecule has 2 rings (SSSR count). The summed E-state index contributed by atoms with van der Waals surface area (Å²) in [5, 5.41) is 9.69. The summed E-state index contributed by atoms with van der Waals surface area (Å²) < 4.78 is 0. The first-order valence-electron chi connectivity index (χ1n) is 5.55. The average Bonchev–Trinajstić information content (AvgIpc) is 2.22. The molecule has 1 aromatic rings. The highest BCUT2D eigenvalue weighted by Crippen LogP contribution is 2.29. The normalized spacial score (nSPS) is 19.3. The third kappa shape index (κ3) is 2.36. The summed E-state index contributed by atoms with van der Waals surface area (Å²) >= 11 is 0. The lowest BCUT2D eigenvalue weighted by Crippen LogP contribution is -2.08. The van der Waals surface area contributed by atoms with Gasteiger partial charge in [0.05, 0.1) is 6.10 Å². The van der Waals surface area contributed by atoms with Crippen LogP contribution >= 0.6 is 0 Å². The van der Waals surface area contributed by atoms with Crippen molar-refractivity contribution in [3.63, 3.8) is 0 Å². The Kier molecular flexibility index (Phi) is 4.15. The highest BCUT2D eigenvalue weighted by molar-refractivity contribution is 5.34. The third-order valence-corrected chi connectivity index (χ3v) is 2.58. The summed E-state index contributed by atoms with van der Waals surface area (Å²) in [5.41, 5.74) is 3.73. The van der Waals surface area contributed by atoms with Gasteiger partial charge in [-0.1, -0.05) is 37.6 Å². The van der Waals surface area contributed by atoms with Crippen molar-refractivity contribution in [2.75, 3.05) is 0 Å². The van der Waals surface area contributed by atoms with Gasteiger partial charge >= 0.3 is 0 Å². The molecule has 0 spiro atoms. The molecule has 1 atom stereocenters. The average molecular weight is 192 g/mol. The number of hydrogen-bond acceptors (Lipinski definition) is 1. The molecule has 0 bridgehead atoms. The maximum Gasteiger partial charge on any atom is 0.0792 e. The first-order valence-corrected chi connectivity index (χ1v) is 5.55. The molecular weight excluding hydrogens is 172 g/mol. The van der Waals surface area contributed by atoms with Crippen LogP contribution in [-0.4, -0.2) is 5.11 Å². The number of aliphatic hydroxyl groups is 1. The van der Waals surface area contributed by atoms with Crippen LogP contribution in [0.25, 0.3) is 0 Å². The molecule has 1 nitrogen and oxygen atoms in total. The van der Waals surface area contributed by atoms with Crippen LogP contribution in [0.15, 0.2) is 18.2 Å². The van der Waals surface area contributed by atoms with Crippen molar-refractivity contribution in [2.45, 2.75) is 46.1 Å². The van der Waals surface area contributed by atoms with E-state index in [9.17, 15) is 5.11 Å². The molecule has 0 aromatic heterocycles. The highest BCUT2D eigenvalue weighted by Gasteiger charge is 2.16. The van der Waals surface area contributed by atoms with Gasteiger partial charge in [0.2, 0.25) is 0 Å². The van der Waals surface area contributed by atoms with Crippen molar-refractivity contribution in [1.29, 1.82) is 0 Å². The Hall–Kier alpha value is -0.820. The van der Waals surface area contributed by atoms with Gasteiger partial charge in [-0.2, -0.15) is 0 Å². The second-order valence-corrected chi connectivity index (χ2v) is 3.61. The van der Waals surface area contributed by atoms with Crippen LogP contribution in [0.5, 0.6) is 0 Å². The number of fused-ring (bicyclic) bond motifs is 1. The molecule has 0 amide bonds. The van der Waals surface area contributed by atoms with E-state index in [0.717, 1.165) is 24.8 Å². The van der Waals surface area contributed by atoms with Gasteiger partial charge in [0.25, 0.3) is 0 Å². The van der Waals surface area contributed by atoms with Crippen LogP contribution in [-0.2, 0) is 6.42 Å². The second-order valence-electron chi connectivity index (χ2n) is 3.61. The second kappa shape index (κ2) is 5.16. The zero-order chi connectivity index (χ0) is 10.6. The van der Waals surface area contributed by atoms with Gasteiger partial charge in [-0.25, -0.2) is 0 Å². The van der Waals surface area contributed by atoms with Crippen molar-refractivity contribution in [2.24, 2.45) is 0 Å². The number of rotatable bonds is 0. The van der Waals surface area contributed by atoms with Gasteiger partial charge in [-0.3, -0.25) is 0 Å². The maximum absolute atomic E-state index is 9.69. The molecule has 0 radical (unpaired) electrons. The maximum atomic E-state index is 9.69. The molecule has 1 unspecified atom stereocenters. The van der Waals surface area contributed by atoms with Crippen LogP contribution in [0.3, 0.4) is 0 Å². The zero-order valence-electron chi connectivity index (χ0n) is 9.38. The highest BCUT2D eigenvalue weighted by atomic mass is 16.3. The fraction of sp³-hybridized carbons (Fsp3) is 0.538. The van der Waals surface area contributed by atoms with E-state index in [-0.39, 0.29) is 6.10 Å². The number of benzene rings is 1. The Morgan fingerprint density at radius 3 is 2.71 bits per heavy atom. The predicted octanol–water partition coefficient (Wildman–Crippen LogP) is 3.39. The van der Waals surface area contributed by atoms with Crippen LogP contribution in [0.1, 0.15) is 49.5 Å². The topological polar surface area (TPSA) is 20.2 Å². The summed E-state index contributed by atoms with van der Waals surface area (Å²) in [6.45, 7) is 6.07. The molecule has 0 saturated heterocycles. The lowest BCUT2D eigenvalue weighted by molar-refractivity contribution is 0.156. The van der Waals surface area contributed by atoms with E-state index in [0.29, 0.717) is 0 Å². The molecule has 1 N–H and O–H groups in total. The number of aryl methyl sites for hydroxylation is 2. The van der Waals surface area contributed by atoms with Crippen molar-refractivity contribution < 1.29 is 5.11 Å². The van der Waals surface area contributed by atoms with Crippen LogP contribution < -0.4 is 0 Å². The molecule has 1 aliphatic carbocycles. The molecule has 0 fully saturated rings. The van der Waals surface area contributed by atoms with Crippen molar-refractivity contribution in [1.82, 2.24) is 0 Å². The van der Waals surface area contributed by atoms with E-state index in [1.165, 1.54) is 11.1 Å². The quantitative estimate of drug-likeness (QED) is 0.668. The summed E-state index contributed by atoms with van der Waals surface area (Å²) in [5.74, 6) is 0. The molecule has 78 valence electrons. The molecule has 0 saturated carbocycles. The molecule has 1 aliphatic rings. The summed E-state index contributed by atoms with van der Waals surface area (Å²) in [4.78, 5) is 0. The van der Waals surface area contributed by atoms with Gasteiger partial charge < -0.3 is 5.11 Å². The standard InChI is InChI=1S/C11H14O.C2H6/c1-8-5-6-9-3-2-4-11(12)10(9)7-8;1-2/h5-7,11-12H,2-4H2,1H3;1-2H3. The summed E-state index contributed by atoms with van der Waals surface area (Å²) in [6.07, 6.45) is 2.97. The SMILES string of the molecule is CC.Cc1ccc2c(c1)C(O)CCC2. The summed E-state index contributed by atoms with van der Waals surface area (Å²) in [6, 6.07) is 6.38. The van der Waals surface area contributed by atoms with Crippen molar-refractivity contribution in [3.8, 4) is 0 Å². The van der Waals surface area contributed by atoms with Crippen LogP contribution in [0.4, 0.5) is 0 Å². The van der Waals surface area contributed by atoms with E-state index in [4.69, 9.17) is 0 Å². The first-order chi connectivity index (χ1) is 6.77. The molecule has 0 aliphatic heterocycles. The van der Waals surface area contributed by atoms with Crippen molar-refractivity contribution >= 4 is 0 Å². The lowest BCUT2D eigenvalue weighted by atomic mass is 9.88. The van der Waals surface area contributed by atoms with Gasteiger partial charge in [0.1, 0.15) is 0 Å². The number of hydrogen-bond donors (Lipinski definition) is 1. The lowest BCUT2D eigenvalue weighted by Gasteiger charge is -2.21. The fourth-order valence-electron chi connectivity index (χ4n) is 1.89. The minimum absolute atomic E-state index is 0.214. The van der Waals surface area contributed by atoms with E-state index < -0.39 is 0 Å². The largest absolute Gasteiger partial charge is 0.388 e. The molecule has 14 heavy (non-hydrogen) atoms. The first kappa shape index (κ1) is 11.3. The molecular formula is C13H20O. The Morgan fingerprint density at radius 2 is 2.00 bits per heavy atom. The Labute approximate surface area is 86.8 Å². The molecule has 0 heterocycles. The minimum atomic E-state index is -0.214. The fourth-order valence-corrected chi connectivity index (χ4v) is 1.89. The van der Waals surface area contributed by atoms with Crippen LogP contribution in [0.2, 0.25) is 0 Å². The monoisotopic (exact) mass is 192 g/mol. The van der Waals surface area contributed by atoms with E-state index >= 15 is 0 Å². The summed E-state index contributed by atoms with van der Waals surface area (Å²) in [7, 11) is 0. The van der Waals surface area contributed by atoms with Gasteiger partial charge in [0, 0.05) is 0 Å². The predicted molar refractivity (Wildman–Crippen MR) is 60.4 cm³/mol. The van der Waals surface area contributed by atoms with E-state index in [1.807, 2.05) is 13.8 Å². The third-order valence-electron chi connectivity index (χ3n) is 2.58. The van der Waals surface area contributed by atoms with E-state index in [1.54, 1.807) is 0 Å². The Bertz CT molecular complexity index is 291. The zero-order valence-corrected chi connectivity index (χ0v) is 9.38. The smallest absolute Gasteiger partial charge is 0.0792 e. The van der Waals surface area contributed by atoms with E-state index in [2.05, 4.69) is 25.1 Å². The van der Waals surface area contributed by atoms with Gasteiger partial charge in [0.15, 0.2) is 0 Å². The van der Waals surface area contributed by atoms with Crippen molar-refractivity contribution in [3.05, 3.63) is 34.9 Å². The molecule has 1 aromatic carbocycles. The molecule has 1 heteroatoms. The Morgan fingerprint density at radius 1 is 1.29 bits per heavy atom. The van der Waals surface area contributed by atoms with Gasteiger partial charge in [-0.05, 0) is 37.3 Å². The Balaban J connectivity index is 0.000000461. The minimum Gasteiger partial charge on any atom is -0.388 e.